The Kier molecular flexibility index (Phi) is 2.50. The van der Waals surface area contributed by atoms with Crippen LogP contribution in [0.1, 0.15) is 0 Å². The normalized spacial score (nSPS) is 10.3. The lowest BCUT2D eigenvalue weighted by Gasteiger charge is -2.03. The third-order valence-corrected chi connectivity index (χ3v) is 3.14. The van der Waals surface area contributed by atoms with E-state index >= 15 is 0 Å². The van der Waals surface area contributed by atoms with Gasteiger partial charge in [0.2, 0.25) is 0 Å². The van der Waals surface area contributed by atoms with Crippen LogP contribution < -0.4 is 0 Å². The maximum Gasteiger partial charge on any atom is 0.173 e. The fourth-order valence-electron chi connectivity index (χ4n) is 0.964. The topological polar surface area (TPSA) is 30.7 Å². The number of hydrogen-bond acceptors (Lipinski definition) is 2. The van der Waals surface area contributed by atoms with Gasteiger partial charge in [0.25, 0.3) is 0 Å². The molecule has 0 saturated heterocycles. The minimum atomic E-state index is 0.631. The first-order chi connectivity index (χ1) is 6.29. The van der Waals surface area contributed by atoms with Crippen LogP contribution in [-0.4, -0.2) is 14.8 Å². The zero-order valence-electron chi connectivity index (χ0n) is 6.48. The van der Waals surface area contributed by atoms with E-state index in [0.717, 1.165) is 3.57 Å². The van der Waals surface area contributed by atoms with E-state index in [2.05, 4.69) is 32.7 Å². The van der Waals surface area contributed by atoms with Crippen LogP contribution in [0.5, 0.6) is 0 Å². The first kappa shape index (κ1) is 8.96. The van der Waals surface area contributed by atoms with E-state index in [0.29, 0.717) is 10.8 Å². The van der Waals surface area contributed by atoms with E-state index in [1.807, 2.05) is 18.3 Å². The van der Waals surface area contributed by atoms with E-state index in [-0.39, 0.29) is 0 Å². The highest BCUT2D eigenvalue weighted by atomic mass is 127. The van der Waals surface area contributed by atoms with Crippen LogP contribution in [-0.2, 0) is 0 Å². The highest BCUT2D eigenvalue weighted by Gasteiger charge is 2.06. The molecule has 0 radical (unpaired) electrons. The summed E-state index contributed by atoms with van der Waals surface area (Å²) in [6, 6.07) is 3.69. The summed E-state index contributed by atoms with van der Waals surface area (Å²) in [6.07, 6.45) is 5.22. The Morgan fingerprint density at radius 1 is 1.38 bits per heavy atom. The van der Waals surface area contributed by atoms with Crippen molar-refractivity contribution in [2.45, 2.75) is 0 Å². The van der Waals surface area contributed by atoms with Gasteiger partial charge >= 0.3 is 0 Å². The maximum atomic E-state index is 6.05. The van der Waals surface area contributed by atoms with Crippen LogP contribution in [0.4, 0.5) is 0 Å². The quantitative estimate of drug-likeness (QED) is 0.758. The van der Waals surface area contributed by atoms with Gasteiger partial charge in [-0.1, -0.05) is 11.6 Å². The van der Waals surface area contributed by atoms with Gasteiger partial charge in [-0.05, 0) is 34.7 Å². The van der Waals surface area contributed by atoms with Gasteiger partial charge < -0.3 is 0 Å². The lowest BCUT2D eigenvalue weighted by Crippen LogP contribution is -1.99. The Hall–Kier alpha value is -0.620. The number of hydrogen-bond donors (Lipinski definition) is 0. The smallest absolute Gasteiger partial charge is 0.173 e. The minimum Gasteiger partial charge on any atom is -0.236 e. The summed E-state index contributed by atoms with van der Waals surface area (Å²) in [5.74, 6) is 0.665. The second-order valence-electron chi connectivity index (χ2n) is 2.38. The molecule has 5 heteroatoms. The average molecular weight is 306 g/mol. The van der Waals surface area contributed by atoms with Crippen molar-refractivity contribution >= 4 is 34.2 Å². The van der Waals surface area contributed by atoms with Crippen molar-refractivity contribution in [2.24, 2.45) is 0 Å². The molecule has 0 bridgehead atoms. The van der Waals surface area contributed by atoms with Crippen molar-refractivity contribution in [2.75, 3.05) is 0 Å². The monoisotopic (exact) mass is 305 g/mol. The molecule has 13 heavy (non-hydrogen) atoms. The van der Waals surface area contributed by atoms with Crippen molar-refractivity contribution in [3.8, 4) is 5.82 Å². The van der Waals surface area contributed by atoms with Crippen molar-refractivity contribution in [3.63, 3.8) is 0 Å². The molecule has 3 nitrogen and oxygen atoms in total. The van der Waals surface area contributed by atoms with Crippen LogP contribution >= 0.6 is 34.2 Å². The van der Waals surface area contributed by atoms with Crippen LogP contribution in [0.3, 0.4) is 0 Å². The first-order valence-corrected chi connectivity index (χ1v) is 5.05. The third-order valence-electron chi connectivity index (χ3n) is 1.55. The summed E-state index contributed by atoms with van der Waals surface area (Å²) in [7, 11) is 0. The standard InChI is InChI=1S/C8H5ClIN3/c9-7-6(10)2-4-11-8(7)13-5-1-3-12-13/h1-5H. The van der Waals surface area contributed by atoms with Crippen LogP contribution in [0.2, 0.25) is 5.02 Å². The van der Waals surface area contributed by atoms with Crippen molar-refractivity contribution in [1.82, 2.24) is 14.8 Å². The van der Waals surface area contributed by atoms with Gasteiger partial charge in [0, 0.05) is 22.2 Å². The Morgan fingerprint density at radius 3 is 2.92 bits per heavy atom. The summed E-state index contributed by atoms with van der Waals surface area (Å²) in [5.41, 5.74) is 0. The third kappa shape index (κ3) is 1.68. The number of pyridine rings is 1. The summed E-state index contributed by atoms with van der Waals surface area (Å²) in [4.78, 5) is 4.15. The molecule has 0 aliphatic heterocycles. The Bertz CT molecular complexity index is 413. The largest absolute Gasteiger partial charge is 0.236 e. The molecular formula is C8H5ClIN3. The van der Waals surface area contributed by atoms with Gasteiger partial charge in [-0.25, -0.2) is 9.67 Å². The predicted octanol–water partition coefficient (Wildman–Crippen LogP) is 2.53. The molecule has 0 N–H and O–H groups in total. The van der Waals surface area contributed by atoms with E-state index < -0.39 is 0 Å². The van der Waals surface area contributed by atoms with Crippen molar-refractivity contribution in [1.29, 1.82) is 0 Å². The molecule has 0 aliphatic carbocycles. The van der Waals surface area contributed by atoms with E-state index in [1.54, 1.807) is 17.1 Å². The predicted molar refractivity (Wildman–Crippen MR) is 59.1 cm³/mol. The van der Waals surface area contributed by atoms with Gasteiger partial charge in [0.15, 0.2) is 5.82 Å². The molecule has 2 aromatic rings. The molecule has 0 unspecified atom stereocenters. The van der Waals surface area contributed by atoms with E-state index in [1.165, 1.54) is 0 Å². The summed E-state index contributed by atoms with van der Waals surface area (Å²) < 4.78 is 2.62. The molecule has 0 atom stereocenters. The highest BCUT2D eigenvalue weighted by molar-refractivity contribution is 14.1. The lowest BCUT2D eigenvalue weighted by atomic mass is 10.4. The second kappa shape index (κ2) is 3.63. The summed E-state index contributed by atoms with van der Waals surface area (Å²) in [6.45, 7) is 0. The first-order valence-electron chi connectivity index (χ1n) is 3.59. The minimum absolute atomic E-state index is 0.631. The van der Waals surface area contributed by atoms with E-state index in [9.17, 15) is 0 Å². The molecule has 2 rings (SSSR count). The van der Waals surface area contributed by atoms with Gasteiger partial charge in [-0.2, -0.15) is 5.10 Å². The Morgan fingerprint density at radius 2 is 2.23 bits per heavy atom. The molecular weight excluding hydrogens is 300 g/mol. The molecule has 2 aromatic heterocycles. The van der Waals surface area contributed by atoms with Crippen molar-refractivity contribution < 1.29 is 0 Å². The number of nitrogens with zero attached hydrogens (tertiary/aromatic N) is 3. The fourth-order valence-corrected chi connectivity index (χ4v) is 1.56. The van der Waals surface area contributed by atoms with Gasteiger partial charge in [-0.3, -0.25) is 0 Å². The zero-order chi connectivity index (χ0) is 9.26. The zero-order valence-corrected chi connectivity index (χ0v) is 9.40. The summed E-state index contributed by atoms with van der Waals surface area (Å²) >= 11 is 8.22. The maximum absolute atomic E-state index is 6.05. The fraction of sp³-hybridized carbons (Fsp3) is 0. The number of rotatable bonds is 1. The van der Waals surface area contributed by atoms with Crippen LogP contribution in [0, 0.1) is 3.57 Å². The molecule has 66 valence electrons. The van der Waals surface area contributed by atoms with Crippen molar-refractivity contribution in [3.05, 3.63) is 39.3 Å². The van der Waals surface area contributed by atoms with Gasteiger partial charge in [-0.15, -0.1) is 0 Å². The molecule has 0 aliphatic rings. The lowest BCUT2D eigenvalue weighted by molar-refractivity contribution is 0.846. The molecule has 0 spiro atoms. The van der Waals surface area contributed by atoms with Crippen LogP contribution in [0.15, 0.2) is 30.7 Å². The van der Waals surface area contributed by atoms with Crippen LogP contribution in [0.25, 0.3) is 5.82 Å². The molecule has 0 amide bonds. The molecule has 0 aromatic carbocycles. The van der Waals surface area contributed by atoms with Gasteiger partial charge in [0.05, 0.1) is 5.02 Å². The molecule has 2 heterocycles. The Balaban J connectivity index is 2.59. The highest BCUT2D eigenvalue weighted by Crippen LogP contribution is 2.22. The number of halogens is 2. The average Bonchev–Trinajstić information content (AvgIpc) is 2.62. The Labute approximate surface area is 93.9 Å². The number of aromatic nitrogens is 3. The molecule has 0 fully saturated rings. The second-order valence-corrected chi connectivity index (χ2v) is 3.92. The SMILES string of the molecule is Clc1c(I)ccnc1-n1cccn1. The van der Waals surface area contributed by atoms with E-state index in [4.69, 9.17) is 11.6 Å². The van der Waals surface area contributed by atoms with Gasteiger partial charge in [0.1, 0.15) is 0 Å². The molecule has 0 saturated carbocycles. The summed E-state index contributed by atoms with van der Waals surface area (Å²) in [5, 5.41) is 4.69.